The lowest BCUT2D eigenvalue weighted by Gasteiger charge is -2.21. The number of hydrogen-bond donors (Lipinski definition) is 1. The Morgan fingerprint density at radius 1 is 1.14 bits per heavy atom. The summed E-state index contributed by atoms with van der Waals surface area (Å²) in [6.07, 6.45) is 0.971. The number of benzene rings is 2. The molecule has 0 aliphatic rings. The van der Waals surface area contributed by atoms with Gasteiger partial charge in [-0.3, -0.25) is 0 Å². The standard InChI is InChI=1S/C16H15Br2ClFN/c1-2-9-21-16(10-3-5-11(17)6-4-10)12-7-8-13(18)14(19)15(12)20/h3-8,16,21H,2,9H2,1H3. The molecule has 21 heavy (non-hydrogen) atoms. The summed E-state index contributed by atoms with van der Waals surface area (Å²) in [4.78, 5) is 0. The molecule has 2 aromatic carbocycles. The second kappa shape index (κ2) is 7.73. The van der Waals surface area contributed by atoms with Crippen LogP contribution in [-0.4, -0.2) is 6.54 Å². The smallest absolute Gasteiger partial charge is 0.148 e. The number of halogens is 4. The van der Waals surface area contributed by atoms with Gasteiger partial charge in [0.2, 0.25) is 0 Å². The second-order valence-electron chi connectivity index (χ2n) is 4.70. The van der Waals surface area contributed by atoms with Crippen molar-refractivity contribution in [2.45, 2.75) is 19.4 Å². The fraction of sp³-hybridized carbons (Fsp3) is 0.250. The van der Waals surface area contributed by atoms with Crippen molar-refractivity contribution >= 4 is 43.5 Å². The maximum atomic E-state index is 14.5. The van der Waals surface area contributed by atoms with Crippen LogP contribution in [0.4, 0.5) is 4.39 Å². The van der Waals surface area contributed by atoms with Gasteiger partial charge < -0.3 is 5.32 Å². The van der Waals surface area contributed by atoms with Gasteiger partial charge in [-0.05, 0) is 52.7 Å². The fourth-order valence-corrected chi connectivity index (χ4v) is 2.86. The maximum Gasteiger partial charge on any atom is 0.148 e. The molecule has 0 saturated heterocycles. The van der Waals surface area contributed by atoms with Gasteiger partial charge in [-0.2, -0.15) is 0 Å². The van der Waals surface area contributed by atoms with Gasteiger partial charge in [0.05, 0.1) is 11.1 Å². The Morgan fingerprint density at radius 3 is 2.43 bits per heavy atom. The summed E-state index contributed by atoms with van der Waals surface area (Å²) in [5, 5.41) is 3.50. The molecule has 1 N–H and O–H groups in total. The molecule has 0 aromatic heterocycles. The highest BCUT2D eigenvalue weighted by molar-refractivity contribution is 9.10. The lowest BCUT2D eigenvalue weighted by molar-refractivity contribution is 0.546. The van der Waals surface area contributed by atoms with E-state index >= 15 is 0 Å². The van der Waals surface area contributed by atoms with Crippen LogP contribution in [0.25, 0.3) is 0 Å². The zero-order valence-electron chi connectivity index (χ0n) is 11.5. The van der Waals surface area contributed by atoms with Crippen LogP contribution in [0.3, 0.4) is 0 Å². The molecule has 0 spiro atoms. The molecular weight excluding hydrogens is 420 g/mol. The Kier molecular flexibility index (Phi) is 6.23. The van der Waals surface area contributed by atoms with E-state index in [2.05, 4.69) is 44.1 Å². The van der Waals surface area contributed by atoms with Crippen LogP contribution in [0.1, 0.15) is 30.5 Å². The van der Waals surface area contributed by atoms with Crippen molar-refractivity contribution in [2.75, 3.05) is 6.54 Å². The third-order valence-electron chi connectivity index (χ3n) is 3.18. The van der Waals surface area contributed by atoms with Crippen LogP contribution in [0.2, 0.25) is 5.02 Å². The molecule has 0 saturated carbocycles. The Balaban J connectivity index is 2.45. The van der Waals surface area contributed by atoms with E-state index in [1.165, 1.54) is 0 Å². The van der Waals surface area contributed by atoms with E-state index in [0.717, 1.165) is 23.0 Å². The van der Waals surface area contributed by atoms with Crippen molar-refractivity contribution in [3.8, 4) is 0 Å². The normalized spacial score (nSPS) is 12.4. The number of hydrogen-bond acceptors (Lipinski definition) is 1. The van der Waals surface area contributed by atoms with E-state index in [4.69, 9.17) is 11.6 Å². The quantitative estimate of drug-likeness (QED) is 0.560. The third kappa shape index (κ3) is 4.07. The van der Waals surface area contributed by atoms with Gasteiger partial charge in [0.1, 0.15) is 5.82 Å². The lowest BCUT2D eigenvalue weighted by atomic mass is 9.98. The van der Waals surface area contributed by atoms with Crippen LogP contribution in [0, 0.1) is 5.82 Å². The third-order valence-corrected chi connectivity index (χ3v) is 4.97. The summed E-state index contributed by atoms with van der Waals surface area (Å²) in [6.45, 7) is 2.88. The van der Waals surface area contributed by atoms with Crippen molar-refractivity contribution in [1.29, 1.82) is 0 Å². The van der Waals surface area contributed by atoms with Crippen LogP contribution >= 0.6 is 43.5 Å². The molecule has 5 heteroatoms. The van der Waals surface area contributed by atoms with Crippen LogP contribution in [-0.2, 0) is 0 Å². The first kappa shape index (κ1) is 16.9. The molecule has 1 nitrogen and oxygen atoms in total. The molecule has 2 rings (SSSR count). The van der Waals surface area contributed by atoms with Gasteiger partial charge in [-0.1, -0.05) is 52.7 Å². The minimum atomic E-state index is -0.387. The predicted molar refractivity (Wildman–Crippen MR) is 93.4 cm³/mol. The van der Waals surface area contributed by atoms with Crippen molar-refractivity contribution in [1.82, 2.24) is 5.32 Å². The molecule has 0 amide bonds. The largest absolute Gasteiger partial charge is 0.306 e. The summed E-state index contributed by atoms with van der Waals surface area (Å²) in [5.74, 6) is -0.387. The molecule has 2 aromatic rings. The Bertz CT molecular complexity index is 616. The van der Waals surface area contributed by atoms with Gasteiger partial charge in [-0.25, -0.2) is 4.39 Å². The molecule has 112 valence electrons. The Labute approximate surface area is 146 Å². The first-order valence-electron chi connectivity index (χ1n) is 6.66. The topological polar surface area (TPSA) is 12.0 Å². The van der Waals surface area contributed by atoms with Crippen molar-refractivity contribution in [3.05, 3.63) is 67.3 Å². The van der Waals surface area contributed by atoms with E-state index in [9.17, 15) is 4.39 Å². The summed E-state index contributed by atoms with van der Waals surface area (Å²) < 4.78 is 16.1. The summed E-state index contributed by atoms with van der Waals surface area (Å²) in [5.41, 5.74) is 1.56. The maximum absolute atomic E-state index is 14.5. The second-order valence-corrected chi connectivity index (χ2v) is 6.85. The van der Waals surface area contributed by atoms with E-state index in [1.807, 2.05) is 24.3 Å². The molecule has 1 atom stereocenters. The molecule has 0 radical (unpaired) electrons. The Morgan fingerprint density at radius 2 is 1.81 bits per heavy atom. The average molecular weight is 436 g/mol. The molecule has 0 aliphatic carbocycles. The lowest BCUT2D eigenvalue weighted by Crippen LogP contribution is -2.24. The van der Waals surface area contributed by atoms with Gasteiger partial charge in [0.25, 0.3) is 0 Å². The van der Waals surface area contributed by atoms with Crippen LogP contribution in [0.5, 0.6) is 0 Å². The predicted octanol–water partition coefficient (Wildman–Crippen LogP) is 6.09. The molecule has 1 unspecified atom stereocenters. The Hall–Kier alpha value is -0.420. The average Bonchev–Trinajstić information content (AvgIpc) is 2.48. The highest BCUT2D eigenvalue weighted by atomic mass is 79.9. The first-order chi connectivity index (χ1) is 10.0. The van der Waals surface area contributed by atoms with Crippen molar-refractivity contribution < 1.29 is 4.39 Å². The van der Waals surface area contributed by atoms with Crippen LogP contribution in [0.15, 0.2) is 45.3 Å². The van der Waals surface area contributed by atoms with Gasteiger partial charge in [-0.15, -0.1) is 0 Å². The van der Waals surface area contributed by atoms with Gasteiger partial charge in [0, 0.05) is 14.5 Å². The fourth-order valence-electron chi connectivity index (χ4n) is 2.12. The van der Waals surface area contributed by atoms with E-state index in [-0.39, 0.29) is 16.9 Å². The highest BCUT2D eigenvalue weighted by Gasteiger charge is 2.20. The van der Waals surface area contributed by atoms with Crippen LogP contribution < -0.4 is 5.32 Å². The zero-order valence-corrected chi connectivity index (χ0v) is 15.4. The van der Waals surface area contributed by atoms with Crippen molar-refractivity contribution in [3.63, 3.8) is 0 Å². The van der Waals surface area contributed by atoms with E-state index in [1.54, 1.807) is 12.1 Å². The highest BCUT2D eigenvalue weighted by Crippen LogP contribution is 2.33. The zero-order chi connectivity index (χ0) is 15.4. The first-order valence-corrected chi connectivity index (χ1v) is 8.63. The molecule has 0 fully saturated rings. The number of rotatable bonds is 5. The monoisotopic (exact) mass is 433 g/mol. The molecule has 0 bridgehead atoms. The van der Waals surface area contributed by atoms with E-state index < -0.39 is 0 Å². The number of nitrogens with one attached hydrogen (secondary N) is 1. The van der Waals surface area contributed by atoms with Gasteiger partial charge >= 0.3 is 0 Å². The summed E-state index contributed by atoms with van der Waals surface area (Å²) in [7, 11) is 0. The van der Waals surface area contributed by atoms with E-state index in [0.29, 0.717) is 10.0 Å². The summed E-state index contributed by atoms with van der Waals surface area (Å²) in [6, 6.07) is 11.2. The summed E-state index contributed by atoms with van der Waals surface area (Å²) >= 11 is 12.7. The SMILES string of the molecule is CCCNC(c1ccc(Br)cc1)c1ccc(Br)c(Cl)c1F. The minimum Gasteiger partial charge on any atom is -0.306 e. The van der Waals surface area contributed by atoms with Gasteiger partial charge in [0.15, 0.2) is 0 Å². The molecule has 0 heterocycles. The minimum absolute atomic E-state index is 0.118. The molecule has 0 aliphatic heterocycles. The molecular formula is C16H15Br2ClFN. The van der Waals surface area contributed by atoms with Crippen molar-refractivity contribution in [2.24, 2.45) is 0 Å².